The molecule has 1 amide bonds. The SMILES string of the molecule is Cl.Cn1cc([C@H]2CNC[C@@H]2C(=O)NCc2c(F)cccc2OC(F)F)cn1. The summed E-state index contributed by atoms with van der Waals surface area (Å²) in [5.41, 5.74) is 0.829. The Labute approximate surface area is 160 Å². The van der Waals surface area contributed by atoms with Crippen molar-refractivity contribution in [2.75, 3.05) is 13.1 Å². The minimum Gasteiger partial charge on any atom is -0.434 e. The molecule has 1 aromatic carbocycles. The van der Waals surface area contributed by atoms with Gasteiger partial charge in [-0.3, -0.25) is 9.48 Å². The molecule has 1 aromatic heterocycles. The van der Waals surface area contributed by atoms with Crippen molar-refractivity contribution in [1.82, 2.24) is 20.4 Å². The number of halogens is 4. The highest BCUT2D eigenvalue weighted by molar-refractivity contribution is 5.85. The molecule has 0 radical (unpaired) electrons. The van der Waals surface area contributed by atoms with Crippen LogP contribution in [0.4, 0.5) is 13.2 Å². The van der Waals surface area contributed by atoms with Gasteiger partial charge in [0.2, 0.25) is 5.91 Å². The van der Waals surface area contributed by atoms with Crippen LogP contribution in [0.5, 0.6) is 5.75 Å². The minimum atomic E-state index is -3.07. The molecule has 27 heavy (non-hydrogen) atoms. The van der Waals surface area contributed by atoms with Crippen LogP contribution in [0.15, 0.2) is 30.6 Å². The molecular weight excluding hydrogens is 385 g/mol. The van der Waals surface area contributed by atoms with Gasteiger partial charge in [0.15, 0.2) is 0 Å². The van der Waals surface area contributed by atoms with Crippen LogP contribution in [0.1, 0.15) is 17.0 Å². The van der Waals surface area contributed by atoms with Crippen LogP contribution < -0.4 is 15.4 Å². The number of aromatic nitrogens is 2. The molecule has 2 heterocycles. The van der Waals surface area contributed by atoms with Crippen LogP contribution in [0, 0.1) is 11.7 Å². The van der Waals surface area contributed by atoms with E-state index in [1.807, 2.05) is 6.20 Å². The topological polar surface area (TPSA) is 68.2 Å². The molecule has 0 spiro atoms. The maximum Gasteiger partial charge on any atom is 0.387 e. The number of hydrogen-bond acceptors (Lipinski definition) is 4. The van der Waals surface area contributed by atoms with Crippen molar-refractivity contribution in [2.45, 2.75) is 19.1 Å². The van der Waals surface area contributed by atoms with E-state index in [0.29, 0.717) is 13.1 Å². The quantitative estimate of drug-likeness (QED) is 0.774. The van der Waals surface area contributed by atoms with Gasteiger partial charge in [0.25, 0.3) is 0 Å². The fourth-order valence-corrected chi connectivity index (χ4v) is 3.16. The predicted octanol–water partition coefficient (Wildman–Crippen LogP) is 2.20. The molecule has 0 aliphatic carbocycles. The summed E-state index contributed by atoms with van der Waals surface area (Å²) in [6, 6.07) is 3.65. The Bertz CT molecular complexity index is 787. The molecule has 148 valence electrons. The number of aryl methyl sites for hydroxylation is 1. The number of carbonyl (C=O) groups excluding carboxylic acids is 1. The Morgan fingerprint density at radius 1 is 1.44 bits per heavy atom. The monoisotopic (exact) mass is 404 g/mol. The van der Waals surface area contributed by atoms with E-state index in [0.717, 1.165) is 11.6 Å². The summed E-state index contributed by atoms with van der Waals surface area (Å²) in [7, 11) is 1.80. The first kappa shape index (κ1) is 21.0. The standard InChI is InChI=1S/C17H19F3N4O2.ClH/c1-24-9-10(5-23-24)11-6-21-7-12(11)16(25)22-8-13-14(18)3-2-4-15(13)26-17(19)20;/h2-5,9,11-12,17,21H,6-8H2,1H3,(H,22,25);1H/t11-,12+;/m1./s1. The Balaban J connectivity index is 0.00000261. The molecule has 2 aromatic rings. The molecular formula is C17H20ClF3N4O2. The molecule has 0 unspecified atom stereocenters. The van der Waals surface area contributed by atoms with Crippen LogP contribution in [0.3, 0.4) is 0 Å². The number of carbonyl (C=O) groups is 1. The van der Waals surface area contributed by atoms with Crippen molar-refractivity contribution in [3.05, 3.63) is 47.5 Å². The number of amides is 1. The van der Waals surface area contributed by atoms with E-state index < -0.39 is 12.4 Å². The Morgan fingerprint density at radius 3 is 2.89 bits per heavy atom. The summed E-state index contributed by atoms with van der Waals surface area (Å²) in [6.07, 6.45) is 3.56. The molecule has 2 atom stereocenters. The second kappa shape index (κ2) is 9.09. The lowest BCUT2D eigenvalue weighted by Crippen LogP contribution is -2.34. The molecule has 1 aliphatic rings. The highest BCUT2D eigenvalue weighted by Crippen LogP contribution is 2.28. The van der Waals surface area contributed by atoms with E-state index in [1.54, 1.807) is 17.9 Å². The molecule has 3 rings (SSSR count). The lowest BCUT2D eigenvalue weighted by atomic mass is 9.90. The van der Waals surface area contributed by atoms with Crippen molar-refractivity contribution < 1.29 is 22.7 Å². The molecule has 1 fully saturated rings. The van der Waals surface area contributed by atoms with Crippen molar-refractivity contribution >= 4 is 18.3 Å². The summed E-state index contributed by atoms with van der Waals surface area (Å²) in [6.45, 7) is -2.20. The van der Waals surface area contributed by atoms with Crippen molar-refractivity contribution in [2.24, 2.45) is 13.0 Å². The fraction of sp³-hybridized carbons (Fsp3) is 0.412. The highest BCUT2D eigenvalue weighted by Gasteiger charge is 2.34. The molecule has 0 bridgehead atoms. The number of nitrogens with one attached hydrogen (secondary N) is 2. The zero-order valence-corrected chi connectivity index (χ0v) is 15.3. The average molecular weight is 405 g/mol. The van der Waals surface area contributed by atoms with E-state index in [4.69, 9.17) is 0 Å². The van der Waals surface area contributed by atoms with E-state index >= 15 is 0 Å². The molecule has 1 saturated heterocycles. The third-order valence-electron chi connectivity index (χ3n) is 4.44. The smallest absolute Gasteiger partial charge is 0.387 e. The van der Waals surface area contributed by atoms with E-state index in [9.17, 15) is 18.0 Å². The van der Waals surface area contributed by atoms with E-state index in [2.05, 4.69) is 20.5 Å². The van der Waals surface area contributed by atoms with E-state index in [-0.39, 0.29) is 48.0 Å². The van der Waals surface area contributed by atoms with Gasteiger partial charge in [-0.1, -0.05) is 6.07 Å². The van der Waals surface area contributed by atoms with Gasteiger partial charge < -0.3 is 15.4 Å². The number of ether oxygens (including phenoxy) is 1. The number of nitrogens with zero attached hydrogens (tertiary/aromatic N) is 2. The second-order valence-electron chi connectivity index (χ2n) is 6.13. The lowest BCUT2D eigenvalue weighted by Gasteiger charge is -2.18. The largest absolute Gasteiger partial charge is 0.434 e. The predicted molar refractivity (Wildman–Crippen MR) is 94.4 cm³/mol. The zero-order valence-electron chi connectivity index (χ0n) is 14.5. The number of alkyl halides is 2. The number of benzene rings is 1. The van der Waals surface area contributed by atoms with E-state index in [1.165, 1.54) is 12.1 Å². The van der Waals surface area contributed by atoms with Crippen molar-refractivity contribution in [3.8, 4) is 5.75 Å². The maximum absolute atomic E-state index is 14.0. The normalized spacial score (nSPS) is 19.0. The Kier molecular flexibility index (Phi) is 7.09. The van der Waals surface area contributed by atoms with Crippen LogP contribution in [0.25, 0.3) is 0 Å². The van der Waals surface area contributed by atoms with Gasteiger partial charge in [-0.05, 0) is 17.7 Å². The second-order valence-corrected chi connectivity index (χ2v) is 6.13. The first-order valence-corrected chi connectivity index (χ1v) is 8.15. The maximum atomic E-state index is 14.0. The van der Waals surface area contributed by atoms with Crippen LogP contribution in [-0.4, -0.2) is 35.4 Å². The Hall–Kier alpha value is -2.26. The summed E-state index contributed by atoms with van der Waals surface area (Å²) < 4.78 is 44.9. The summed E-state index contributed by atoms with van der Waals surface area (Å²) >= 11 is 0. The third kappa shape index (κ3) is 4.92. The fourth-order valence-electron chi connectivity index (χ4n) is 3.16. The van der Waals surface area contributed by atoms with Crippen molar-refractivity contribution in [3.63, 3.8) is 0 Å². The van der Waals surface area contributed by atoms with Gasteiger partial charge >= 0.3 is 6.61 Å². The van der Waals surface area contributed by atoms with Gasteiger partial charge in [0.05, 0.1) is 12.1 Å². The summed E-state index contributed by atoms with van der Waals surface area (Å²) in [5, 5.41) is 9.91. The van der Waals surface area contributed by atoms with Gasteiger partial charge in [0, 0.05) is 44.4 Å². The first-order chi connectivity index (χ1) is 12.5. The van der Waals surface area contributed by atoms with Crippen LogP contribution in [0.2, 0.25) is 0 Å². The highest BCUT2D eigenvalue weighted by atomic mass is 35.5. The van der Waals surface area contributed by atoms with Crippen molar-refractivity contribution in [1.29, 1.82) is 0 Å². The molecule has 0 saturated carbocycles. The minimum absolute atomic E-state index is 0. The summed E-state index contributed by atoms with van der Waals surface area (Å²) in [4.78, 5) is 12.6. The summed E-state index contributed by atoms with van der Waals surface area (Å²) in [5.74, 6) is -1.69. The third-order valence-corrected chi connectivity index (χ3v) is 4.44. The van der Waals surface area contributed by atoms with Crippen LogP contribution in [-0.2, 0) is 18.4 Å². The average Bonchev–Trinajstić information content (AvgIpc) is 3.22. The molecule has 1 aliphatic heterocycles. The van der Waals surface area contributed by atoms with Crippen LogP contribution >= 0.6 is 12.4 Å². The molecule has 10 heteroatoms. The van der Waals surface area contributed by atoms with Gasteiger partial charge in [0.1, 0.15) is 11.6 Å². The number of hydrogen-bond donors (Lipinski definition) is 2. The molecule has 2 N–H and O–H groups in total. The van der Waals surface area contributed by atoms with Gasteiger partial charge in [-0.2, -0.15) is 13.9 Å². The first-order valence-electron chi connectivity index (χ1n) is 8.15. The Morgan fingerprint density at radius 2 is 2.22 bits per heavy atom. The van der Waals surface area contributed by atoms with Gasteiger partial charge in [-0.25, -0.2) is 4.39 Å². The lowest BCUT2D eigenvalue weighted by molar-refractivity contribution is -0.125. The molecule has 6 nitrogen and oxygen atoms in total. The zero-order chi connectivity index (χ0) is 18.7. The van der Waals surface area contributed by atoms with Gasteiger partial charge in [-0.15, -0.1) is 12.4 Å². The number of rotatable bonds is 6.